The van der Waals surface area contributed by atoms with Crippen LogP contribution in [0.2, 0.25) is 0 Å². The molecule has 7 heteroatoms. The van der Waals surface area contributed by atoms with E-state index in [0.717, 1.165) is 38.5 Å². The molecule has 0 radical (unpaired) electrons. The predicted molar refractivity (Wildman–Crippen MR) is 116 cm³/mol. The normalized spacial score (nSPS) is 51.2. The zero-order valence-corrected chi connectivity index (χ0v) is 19.9. The van der Waals surface area contributed by atoms with Gasteiger partial charge in [-0.15, -0.1) is 0 Å². The Morgan fingerprint density at radius 2 is 1.48 bits per heavy atom. The summed E-state index contributed by atoms with van der Waals surface area (Å²) >= 11 is 0. The van der Waals surface area contributed by atoms with Crippen molar-refractivity contribution in [3.63, 3.8) is 0 Å². The number of rotatable bonds is 0. The number of hydrogen-bond acceptors (Lipinski definition) is 6. The van der Waals surface area contributed by atoms with Gasteiger partial charge in [0.25, 0.3) is 0 Å². The Labute approximate surface area is 195 Å². The third kappa shape index (κ3) is 2.45. The molecular formula is C26H37FO6. The first-order valence-electron chi connectivity index (χ1n) is 13.0. The van der Waals surface area contributed by atoms with Crippen molar-refractivity contribution in [1.82, 2.24) is 0 Å². The second-order valence-electron chi connectivity index (χ2n) is 12.0. The molecule has 184 valence electrons. The van der Waals surface area contributed by atoms with Crippen LogP contribution < -0.4 is 0 Å². The van der Waals surface area contributed by atoms with E-state index in [1.807, 2.05) is 6.92 Å². The first-order valence-corrected chi connectivity index (χ1v) is 13.0. The minimum absolute atomic E-state index is 0.0496. The standard InChI is InChI=1S/C26H37FO6/c1-16-14-17-18-4-5-25(30-10-11-31-25)23(18,3)21(27)26(32-12-13-33-26)20(17)22(2)6-7-24(15-19(16)22)28-8-9-29-24/h17-21H,1,4-15H2,2-3H3. The SMILES string of the molecule is C=C1CC2C(C3(C)CCC4(CC13)OCCO4)C1(OCCO1)C(F)C1(C)C2CCC12OCCO2. The third-order valence-corrected chi connectivity index (χ3v) is 11.0. The number of allylic oxidation sites excluding steroid dienone is 1. The molecule has 0 aromatic carbocycles. The van der Waals surface area contributed by atoms with Gasteiger partial charge in [-0.1, -0.05) is 26.0 Å². The fraction of sp³-hybridized carbons (Fsp3) is 0.923. The Morgan fingerprint density at radius 1 is 0.848 bits per heavy atom. The Bertz CT molecular complexity index is 844. The van der Waals surface area contributed by atoms with Crippen LogP contribution in [0.3, 0.4) is 0 Å². The molecular weight excluding hydrogens is 427 g/mol. The number of alkyl halides is 1. The number of fused-ring (bicyclic) bond motifs is 7. The average Bonchev–Trinajstić information content (AvgIpc) is 3.59. The van der Waals surface area contributed by atoms with Crippen molar-refractivity contribution in [2.24, 2.45) is 34.5 Å². The van der Waals surface area contributed by atoms with Crippen molar-refractivity contribution in [1.29, 1.82) is 0 Å². The molecule has 0 aromatic heterocycles. The quantitative estimate of drug-likeness (QED) is 0.506. The summed E-state index contributed by atoms with van der Waals surface area (Å²) in [5.41, 5.74) is 0.245. The smallest absolute Gasteiger partial charge is 0.204 e. The molecule has 0 bridgehead atoms. The lowest BCUT2D eigenvalue weighted by Gasteiger charge is -2.67. The first-order chi connectivity index (χ1) is 15.8. The monoisotopic (exact) mass is 464 g/mol. The zero-order valence-electron chi connectivity index (χ0n) is 19.9. The van der Waals surface area contributed by atoms with Crippen molar-refractivity contribution in [3.8, 4) is 0 Å². The van der Waals surface area contributed by atoms with Crippen molar-refractivity contribution in [2.45, 2.75) is 75.9 Å². The molecule has 7 rings (SSSR count). The maximum Gasteiger partial charge on any atom is 0.204 e. The number of ether oxygens (including phenoxy) is 6. The molecule has 3 spiro atoms. The van der Waals surface area contributed by atoms with E-state index in [4.69, 9.17) is 28.4 Å². The molecule has 0 N–H and O–H groups in total. The Balaban J connectivity index is 1.35. The maximum atomic E-state index is 17.2. The highest BCUT2D eigenvalue weighted by Gasteiger charge is 2.80. The van der Waals surface area contributed by atoms with Gasteiger partial charge in [-0.25, -0.2) is 4.39 Å². The van der Waals surface area contributed by atoms with Gasteiger partial charge in [0.2, 0.25) is 5.79 Å². The molecule has 3 aliphatic heterocycles. The molecule has 7 aliphatic rings. The lowest BCUT2D eigenvalue weighted by molar-refractivity contribution is -0.369. The maximum absolute atomic E-state index is 17.2. The van der Waals surface area contributed by atoms with Gasteiger partial charge in [0.15, 0.2) is 17.7 Å². The van der Waals surface area contributed by atoms with Crippen LogP contribution in [-0.2, 0) is 28.4 Å². The summed E-state index contributed by atoms with van der Waals surface area (Å²) in [6.45, 7) is 12.2. The second-order valence-corrected chi connectivity index (χ2v) is 12.0. The van der Waals surface area contributed by atoms with Crippen LogP contribution in [0.15, 0.2) is 12.2 Å². The van der Waals surface area contributed by atoms with Crippen LogP contribution in [0.5, 0.6) is 0 Å². The summed E-state index contributed by atoms with van der Waals surface area (Å²) in [5.74, 6) is -2.15. The van der Waals surface area contributed by atoms with Gasteiger partial charge in [0.1, 0.15) is 0 Å². The summed E-state index contributed by atoms with van der Waals surface area (Å²) in [4.78, 5) is 0. The van der Waals surface area contributed by atoms with Crippen LogP contribution in [0.25, 0.3) is 0 Å². The van der Waals surface area contributed by atoms with E-state index in [-0.39, 0.29) is 29.1 Å². The Morgan fingerprint density at radius 3 is 2.18 bits per heavy atom. The fourth-order valence-electron chi connectivity index (χ4n) is 9.70. The molecule has 6 nitrogen and oxygen atoms in total. The average molecular weight is 465 g/mol. The topological polar surface area (TPSA) is 55.4 Å². The van der Waals surface area contributed by atoms with E-state index in [1.54, 1.807) is 0 Å². The summed E-state index contributed by atoms with van der Waals surface area (Å²) < 4.78 is 54.7. The molecule has 7 unspecified atom stereocenters. The van der Waals surface area contributed by atoms with Gasteiger partial charge in [0.05, 0.1) is 45.1 Å². The molecule has 33 heavy (non-hydrogen) atoms. The first kappa shape index (κ1) is 21.7. The highest BCUT2D eigenvalue weighted by Crippen LogP contribution is 2.74. The van der Waals surface area contributed by atoms with Crippen molar-refractivity contribution in [2.75, 3.05) is 39.6 Å². The van der Waals surface area contributed by atoms with E-state index >= 15 is 4.39 Å². The van der Waals surface area contributed by atoms with Gasteiger partial charge in [-0.2, -0.15) is 0 Å². The van der Waals surface area contributed by atoms with Gasteiger partial charge in [0, 0.05) is 25.2 Å². The molecule has 7 atom stereocenters. The molecule has 4 aliphatic carbocycles. The lowest BCUT2D eigenvalue weighted by Crippen LogP contribution is -2.73. The predicted octanol–water partition coefficient (Wildman–Crippen LogP) is 3.98. The summed E-state index contributed by atoms with van der Waals surface area (Å²) in [6, 6.07) is 0. The third-order valence-electron chi connectivity index (χ3n) is 11.0. The van der Waals surface area contributed by atoms with Crippen molar-refractivity contribution >= 4 is 0 Å². The zero-order chi connectivity index (χ0) is 22.7. The van der Waals surface area contributed by atoms with Gasteiger partial charge < -0.3 is 28.4 Å². The van der Waals surface area contributed by atoms with E-state index in [1.165, 1.54) is 5.57 Å². The van der Waals surface area contributed by atoms with E-state index in [2.05, 4.69) is 13.5 Å². The van der Waals surface area contributed by atoms with E-state index < -0.39 is 28.9 Å². The highest BCUT2D eigenvalue weighted by molar-refractivity contribution is 5.27. The number of halogens is 1. The van der Waals surface area contributed by atoms with E-state index in [0.29, 0.717) is 39.6 Å². The molecule has 0 aromatic rings. The molecule has 4 saturated carbocycles. The van der Waals surface area contributed by atoms with Crippen molar-refractivity contribution in [3.05, 3.63) is 12.2 Å². The van der Waals surface area contributed by atoms with Gasteiger partial charge in [-0.05, 0) is 42.4 Å². The number of hydrogen-bond donors (Lipinski definition) is 0. The summed E-state index contributed by atoms with van der Waals surface area (Å²) in [6.07, 6.45) is 3.67. The summed E-state index contributed by atoms with van der Waals surface area (Å²) in [7, 11) is 0. The fourth-order valence-corrected chi connectivity index (χ4v) is 9.70. The summed E-state index contributed by atoms with van der Waals surface area (Å²) in [5, 5.41) is 0. The second kappa shape index (κ2) is 6.80. The van der Waals surface area contributed by atoms with Gasteiger partial charge in [-0.3, -0.25) is 0 Å². The van der Waals surface area contributed by atoms with Crippen LogP contribution >= 0.6 is 0 Å². The lowest BCUT2D eigenvalue weighted by atomic mass is 9.41. The molecule has 0 amide bonds. The van der Waals surface area contributed by atoms with Crippen LogP contribution in [0.1, 0.15) is 52.4 Å². The largest absolute Gasteiger partial charge is 0.348 e. The Hall–Kier alpha value is -0.570. The molecule has 3 heterocycles. The van der Waals surface area contributed by atoms with Crippen LogP contribution in [-0.4, -0.2) is 63.2 Å². The minimum atomic E-state index is -1.32. The highest BCUT2D eigenvalue weighted by atomic mass is 19.1. The van der Waals surface area contributed by atoms with Gasteiger partial charge >= 0.3 is 0 Å². The molecule has 3 saturated heterocycles. The molecule has 7 fully saturated rings. The van der Waals surface area contributed by atoms with Crippen LogP contribution in [0, 0.1) is 34.5 Å². The minimum Gasteiger partial charge on any atom is -0.348 e. The van der Waals surface area contributed by atoms with Crippen LogP contribution in [0.4, 0.5) is 4.39 Å². The van der Waals surface area contributed by atoms with E-state index in [9.17, 15) is 0 Å². The Kier molecular flexibility index (Phi) is 4.47. The van der Waals surface area contributed by atoms with Crippen molar-refractivity contribution < 1.29 is 32.8 Å².